The second kappa shape index (κ2) is 8.38. The molecular formula is C23H25N5O2. The standard InChI is InChI=1S/C23H25N5O2/c29-21(24-10-12-27-13-15-30-16-14-27)9-11-28-20-8-4-1-5-17(20)22-23(28)26-19-7-3-2-6-18(19)25-22/h1-8H,9-16H2,(H,24,29). The third-order valence-electron chi connectivity index (χ3n) is 5.67. The Morgan fingerprint density at radius 3 is 2.53 bits per heavy atom. The van der Waals surface area contributed by atoms with Gasteiger partial charge in [-0.2, -0.15) is 0 Å². The number of hydrogen-bond acceptors (Lipinski definition) is 5. The van der Waals surface area contributed by atoms with Crippen molar-refractivity contribution in [2.75, 3.05) is 39.4 Å². The van der Waals surface area contributed by atoms with Crippen molar-refractivity contribution in [3.05, 3.63) is 48.5 Å². The van der Waals surface area contributed by atoms with Crippen LogP contribution >= 0.6 is 0 Å². The summed E-state index contributed by atoms with van der Waals surface area (Å²) in [6.07, 6.45) is 0.408. The van der Waals surface area contributed by atoms with E-state index in [2.05, 4.69) is 26.9 Å². The van der Waals surface area contributed by atoms with Gasteiger partial charge in [0.25, 0.3) is 0 Å². The molecule has 7 nitrogen and oxygen atoms in total. The normalized spacial score (nSPS) is 15.2. The second-order valence-corrected chi connectivity index (χ2v) is 7.61. The fourth-order valence-electron chi connectivity index (χ4n) is 4.09. The Labute approximate surface area is 174 Å². The Hall–Kier alpha value is -3.03. The number of carbonyl (C=O) groups excluding carboxylic acids is 1. The quantitative estimate of drug-likeness (QED) is 0.536. The van der Waals surface area contributed by atoms with Gasteiger partial charge in [0.2, 0.25) is 5.91 Å². The number of para-hydroxylation sites is 3. The fraction of sp³-hybridized carbons (Fsp3) is 0.348. The lowest BCUT2D eigenvalue weighted by atomic mass is 10.2. The first kappa shape index (κ1) is 19.0. The third kappa shape index (κ3) is 3.74. The van der Waals surface area contributed by atoms with Gasteiger partial charge in [0, 0.05) is 44.5 Å². The van der Waals surface area contributed by atoms with Crippen molar-refractivity contribution in [2.45, 2.75) is 13.0 Å². The molecular weight excluding hydrogens is 378 g/mol. The van der Waals surface area contributed by atoms with Gasteiger partial charge in [0.1, 0.15) is 5.52 Å². The Bertz CT molecular complexity index is 1200. The van der Waals surface area contributed by atoms with Crippen molar-refractivity contribution in [1.82, 2.24) is 24.8 Å². The maximum absolute atomic E-state index is 12.5. The van der Waals surface area contributed by atoms with Crippen molar-refractivity contribution in [3.63, 3.8) is 0 Å². The van der Waals surface area contributed by atoms with Crippen LogP contribution in [0.2, 0.25) is 0 Å². The number of fused-ring (bicyclic) bond motifs is 4. The average Bonchev–Trinajstić information content (AvgIpc) is 3.09. The number of benzene rings is 2. The number of carbonyl (C=O) groups is 1. The highest BCUT2D eigenvalue weighted by Gasteiger charge is 2.15. The molecule has 7 heteroatoms. The number of morpholine rings is 1. The molecule has 0 aliphatic carbocycles. The van der Waals surface area contributed by atoms with Crippen LogP contribution in [0.25, 0.3) is 33.1 Å². The van der Waals surface area contributed by atoms with Crippen molar-refractivity contribution in [1.29, 1.82) is 0 Å². The van der Waals surface area contributed by atoms with Gasteiger partial charge < -0.3 is 14.6 Å². The number of ether oxygens (including phenoxy) is 1. The highest BCUT2D eigenvalue weighted by molar-refractivity contribution is 6.06. The van der Waals surface area contributed by atoms with Gasteiger partial charge in [-0.15, -0.1) is 0 Å². The molecule has 2 aromatic carbocycles. The summed E-state index contributed by atoms with van der Waals surface area (Å²) < 4.78 is 7.48. The van der Waals surface area contributed by atoms with Gasteiger partial charge in [0.05, 0.1) is 29.8 Å². The van der Waals surface area contributed by atoms with E-state index in [-0.39, 0.29) is 5.91 Å². The van der Waals surface area contributed by atoms with E-state index in [9.17, 15) is 4.79 Å². The molecule has 1 amide bonds. The summed E-state index contributed by atoms with van der Waals surface area (Å²) in [5.74, 6) is 0.0583. The summed E-state index contributed by atoms with van der Waals surface area (Å²) in [5.41, 5.74) is 4.52. The number of amides is 1. The number of nitrogens with zero attached hydrogens (tertiary/aromatic N) is 4. The molecule has 154 valence electrons. The molecule has 2 aromatic heterocycles. The maximum Gasteiger partial charge on any atom is 0.221 e. The molecule has 0 spiro atoms. The number of nitrogens with one attached hydrogen (secondary N) is 1. The molecule has 30 heavy (non-hydrogen) atoms. The minimum atomic E-state index is 0.0583. The predicted octanol–water partition coefficient (Wildman–Crippen LogP) is 2.58. The van der Waals surface area contributed by atoms with Crippen LogP contribution < -0.4 is 5.32 Å². The zero-order chi connectivity index (χ0) is 20.3. The molecule has 1 aliphatic heterocycles. The number of hydrogen-bond donors (Lipinski definition) is 1. The van der Waals surface area contributed by atoms with Gasteiger partial charge in [-0.3, -0.25) is 9.69 Å². The highest BCUT2D eigenvalue weighted by Crippen LogP contribution is 2.28. The molecule has 0 unspecified atom stereocenters. The first-order chi connectivity index (χ1) is 14.8. The predicted molar refractivity (Wildman–Crippen MR) is 117 cm³/mol. The highest BCUT2D eigenvalue weighted by atomic mass is 16.5. The molecule has 1 N–H and O–H groups in total. The Balaban J connectivity index is 1.34. The lowest BCUT2D eigenvalue weighted by Gasteiger charge is -2.26. The molecule has 0 saturated carbocycles. The SMILES string of the molecule is O=C(CCn1c2ccccc2c2nc3ccccc3nc21)NCCN1CCOCC1. The first-order valence-corrected chi connectivity index (χ1v) is 10.5. The smallest absolute Gasteiger partial charge is 0.221 e. The van der Waals surface area contributed by atoms with E-state index >= 15 is 0 Å². The third-order valence-corrected chi connectivity index (χ3v) is 5.67. The Morgan fingerprint density at radius 1 is 0.967 bits per heavy atom. The van der Waals surface area contributed by atoms with E-state index in [1.54, 1.807) is 0 Å². The minimum Gasteiger partial charge on any atom is -0.379 e. The van der Waals surface area contributed by atoms with Gasteiger partial charge in [0.15, 0.2) is 5.65 Å². The van der Waals surface area contributed by atoms with Gasteiger partial charge >= 0.3 is 0 Å². The second-order valence-electron chi connectivity index (χ2n) is 7.61. The molecule has 1 aliphatic rings. The van der Waals surface area contributed by atoms with Crippen LogP contribution in [0.4, 0.5) is 0 Å². The molecule has 0 atom stereocenters. The molecule has 1 saturated heterocycles. The molecule has 4 aromatic rings. The zero-order valence-electron chi connectivity index (χ0n) is 16.9. The van der Waals surface area contributed by atoms with E-state index in [0.717, 1.165) is 65.9 Å². The lowest BCUT2D eigenvalue weighted by Crippen LogP contribution is -2.41. The van der Waals surface area contributed by atoms with Crippen LogP contribution in [0, 0.1) is 0 Å². The van der Waals surface area contributed by atoms with Gasteiger partial charge in [-0.1, -0.05) is 30.3 Å². The number of aryl methyl sites for hydroxylation is 1. The summed E-state index contributed by atoms with van der Waals surface area (Å²) in [5, 5.41) is 4.12. The molecule has 0 bridgehead atoms. The lowest BCUT2D eigenvalue weighted by molar-refractivity contribution is -0.121. The van der Waals surface area contributed by atoms with Crippen LogP contribution in [-0.2, 0) is 16.1 Å². The summed E-state index contributed by atoms with van der Waals surface area (Å²) >= 11 is 0. The number of aromatic nitrogens is 3. The Morgan fingerprint density at radius 2 is 1.70 bits per heavy atom. The van der Waals surface area contributed by atoms with E-state index in [4.69, 9.17) is 14.7 Å². The average molecular weight is 403 g/mol. The van der Waals surface area contributed by atoms with E-state index in [1.165, 1.54) is 0 Å². The van der Waals surface area contributed by atoms with E-state index < -0.39 is 0 Å². The van der Waals surface area contributed by atoms with Crippen LogP contribution in [0.15, 0.2) is 48.5 Å². The summed E-state index contributed by atoms with van der Waals surface area (Å²) in [6, 6.07) is 16.1. The molecule has 0 radical (unpaired) electrons. The van der Waals surface area contributed by atoms with E-state index in [1.807, 2.05) is 36.4 Å². The monoisotopic (exact) mass is 403 g/mol. The van der Waals surface area contributed by atoms with Gasteiger partial charge in [-0.25, -0.2) is 9.97 Å². The molecule has 5 rings (SSSR count). The van der Waals surface area contributed by atoms with Crippen molar-refractivity contribution in [2.24, 2.45) is 0 Å². The van der Waals surface area contributed by atoms with Crippen LogP contribution in [0.5, 0.6) is 0 Å². The van der Waals surface area contributed by atoms with Crippen LogP contribution in [0.1, 0.15) is 6.42 Å². The molecule has 1 fully saturated rings. The fourth-order valence-corrected chi connectivity index (χ4v) is 4.09. The Kier molecular flexibility index (Phi) is 5.29. The van der Waals surface area contributed by atoms with Crippen molar-refractivity contribution >= 4 is 39.0 Å². The topological polar surface area (TPSA) is 72.3 Å². The maximum atomic E-state index is 12.5. The van der Waals surface area contributed by atoms with E-state index in [0.29, 0.717) is 19.5 Å². The number of rotatable bonds is 6. The summed E-state index contributed by atoms with van der Waals surface area (Å²) in [4.78, 5) is 24.5. The summed E-state index contributed by atoms with van der Waals surface area (Å²) in [6.45, 7) is 5.52. The largest absolute Gasteiger partial charge is 0.379 e. The first-order valence-electron chi connectivity index (χ1n) is 10.5. The van der Waals surface area contributed by atoms with Crippen LogP contribution in [0.3, 0.4) is 0 Å². The summed E-state index contributed by atoms with van der Waals surface area (Å²) in [7, 11) is 0. The zero-order valence-corrected chi connectivity index (χ0v) is 16.9. The molecule has 3 heterocycles. The van der Waals surface area contributed by atoms with Crippen LogP contribution in [-0.4, -0.2) is 64.7 Å². The van der Waals surface area contributed by atoms with Crippen molar-refractivity contribution < 1.29 is 9.53 Å². The van der Waals surface area contributed by atoms with Gasteiger partial charge in [-0.05, 0) is 18.2 Å². The van der Waals surface area contributed by atoms with Crippen molar-refractivity contribution in [3.8, 4) is 0 Å². The minimum absolute atomic E-state index is 0.0583.